The normalized spacial score (nSPS) is 12.5. The van der Waals surface area contributed by atoms with Crippen molar-refractivity contribution in [2.75, 3.05) is 0 Å². The SMILES string of the molecule is Cc1ccc(S(=O)(=O)N[C@@H](CC(=O)Sc2ccccc2)c2ccc(Cl)cc2)cc1. The monoisotopic (exact) mass is 445 g/mol. The maximum atomic E-state index is 12.9. The van der Waals surface area contributed by atoms with Gasteiger partial charge in [-0.3, -0.25) is 4.79 Å². The first-order valence-corrected chi connectivity index (χ1v) is 11.6. The minimum Gasteiger partial charge on any atom is -0.287 e. The molecular formula is C22H20ClNO3S2. The molecule has 0 fully saturated rings. The van der Waals surface area contributed by atoms with Crippen LogP contribution in [-0.4, -0.2) is 13.5 Å². The van der Waals surface area contributed by atoms with E-state index in [1.54, 1.807) is 48.5 Å². The molecule has 7 heteroatoms. The van der Waals surface area contributed by atoms with Gasteiger partial charge in [-0.25, -0.2) is 13.1 Å². The van der Waals surface area contributed by atoms with Gasteiger partial charge in [0.2, 0.25) is 10.0 Å². The van der Waals surface area contributed by atoms with E-state index in [0.717, 1.165) is 22.2 Å². The summed E-state index contributed by atoms with van der Waals surface area (Å²) in [5, 5.41) is 0.404. The van der Waals surface area contributed by atoms with Crippen LogP contribution in [0.15, 0.2) is 88.7 Å². The first kappa shape index (κ1) is 21.6. The lowest BCUT2D eigenvalue weighted by Gasteiger charge is -2.19. The smallest absolute Gasteiger partial charge is 0.241 e. The molecule has 3 aromatic carbocycles. The second-order valence-electron chi connectivity index (χ2n) is 6.53. The predicted molar refractivity (Wildman–Crippen MR) is 118 cm³/mol. The zero-order chi connectivity index (χ0) is 20.9. The number of carbonyl (C=O) groups is 1. The zero-order valence-electron chi connectivity index (χ0n) is 15.7. The number of halogens is 1. The minimum atomic E-state index is -3.80. The summed E-state index contributed by atoms with van der Waals surface area (Å²) in [5.74, 6) is 0. The molecule has 4 nitrogen and oxygen atoms in total. The lowest BCUT2D eigenvalue weighted by atomic mass is 10.1. The van der Waals surface area contributed by atoms with Gasteiger partial charge in [-0.1, -0.05) is 71.4 Å². The average Bonchev–Trinajstić information content (AvgIpc) is 2.69. The highest BCUT2D eigenvalue weighted by atomic mass is 35.5. The molecule has 150 valence electrons. The van der Waals surface area contributed by atoms with E-state index in [9.17, 15) is 13.2 Å². The van der Waals surface area contributed by atoms with Crippen LogP contribution in [0.1, 0.15) is 23.6 Å². The molecular weight excluding hydrogens is 426 g/mol. The fourth-order valence-corrected chi connectivity index (χ4v) is 4.88. The third-order valence-corrected chi connectivity index (χ3v) is 6.89. The molecule has 0 radical (unpaired) electrons. The molecule has 0 aromatic heterocycles. The molecule has 1 N–H and O–H groups in total. The van der Waals surface area contributed by atoms with E-state index < -0.39 is 16.1 Å². The Kier molecular flexibility index (Phi) is 7.14. The van der Waals surface area contributed by atoms with E-state index in [4.69, 9.17) is 11.6 Å². The van der Waals surface area contributed by atoms with Crippen molar-refractivity contribution < 1.29 is 13.2 Å². The van der Waals surface area contributed by atoms with Gasteiger partial charge in [-0.05, 0) is 48.9 Å². The third kappa shape index (κ3) is 6.18. The number of thioether (sulfide) groups is 1. The molecule has 3 rings (SSSR count). The minimum absolute atomic E-state index is 0.00623. The Balaban J connectivity index is 1.83. The molecule has 0 aliphatic carbocycles. The molecule has 0 amide bonds. The molecule has 0 unspecified atom stereocenters. The number of aryl methyl sites for hydroxylation is 1. The predicted octanol–water partition coefficient (Wildman–Crippen LogP) is 5.38. The number of benzene rings is 3. The molecule has 0 heterocycles. The van der Waals surface area contributed by atoms with E-state index in [-0.39, 0.29) is 16.4 Å². The Morgan fingerprint density at radius 3 is 2.21 bits per heavy atom. The topological polar surface area (TPSA) is 63.2 Å². The van der Waals surface area contributed by atoms with Gasteiger partial charge in [-0.15, -0.1) is 0 Å². The molecule has 0 spiro atoms. The number of nitrogens with one attached hydrogen (secondary N) is 1. The van der Waals surface area contributed by atoms with Crippen LogP contribution >= 0.6 is 23.4 Å². The fraction of sp³-hybridized carbons (Fsp3) is 0.136. The Hall–Kier alpha value is -2.12. The second kappa shape index (κ2) is 9.59. The summed E-state index contributed by atoms with van der Waals surface area (Å²) in [6, 6.07) is 22.0. The number of sulfonamides is 1. The Labute approximate surface area is 180 Å². The van der Waals surface area contributed by atoms with Crippen molar-refractivity contribution in [1.29, 1.82) is 0 Å². The molecule has 0 bridgehead atoms. The van der Waals surface area contributed by atoms with Crippen LogP contribution in [0.25, 0.3) is 0 Å². The van der Waals surface area contributed by atoms with Crippen molar-refractivity contribution in [1.82, 2.24) is 4.72 Å². The van der Waals surface area contributed by atoms with Gasteiger partial charge < -0.3 is 0 Å². The molecule has 0 saturated carbocycles. The van der Waals surface area contributed by atoms with Crippen LogP contribution in [0.5, 0.6) is 0 Å². The van der Waals surface area contributed by atoms with Crippen molar-refractivity contribution in [2.45, 2.75) is 29.2 Å². The highest BCUT2D eigenvalue weighted by Crippen LogP contribution is 2.27. The second-order valence-corrected chi connectivity index (χ2v) is 9.81. The van der Waals surface area contributed by atoms with Crippen molar-refractivity contribution in [3.05, 3.63) is 95.0 Å². The first-order valence-electron chi connectivity index (χ1n) is 8.94. The van der Waals surface area contributed by atoms with Crippen molar-refractivity contribution in [3.8, 4) is 0 Å². The standard InChI is InChI=1S/C22H20ClNO3S2/c1-16-7-13-20(14-8-16)29(26,27)24-21(17-9-11-18(23)12-10-17)15-22(25)28-19-5-3-2-4-6-19/h2-14,21,24H,15H2,1H3/t21-/m0/s1. The quantitative estimate of drug-likeness (QED) is 0.496. The van der Waals surface area contributed by atoms with Crippen molar-refractivity contribution in [2.24, 2.45) is 0 Å². The molecule has 1 atom stereocenters. The highest BCUT2D eigenvalue weighted by Gasteiger charge is 2.24. The van der Waals surface area contributed by atoms with Crippen LogP contribution in [0.2, 0.25) is 5.02 Å². The summed E-state index contributed by atoms with van der Waals surface area (Å²) in [7, 11) is -3.80. The third-order valence-electron chi connectivity index (χ3n) is 4.25. The van der Waals surface area contributed by atoms with Gasteiger partial charge in [-0.2, -0.15) is 0 Å². The fourth-order valence-electron chi connectivity index (χ4n) is 2.72. The molecule has 0 saturated heterocycles. The van der Waals surface area contributed by atoms with Crippen molar-refractivity contribution in [3.63, 3.8) is 0 Å². The summed E-state index contributed by atoms with van der Waals surface area (Å²) in [4.78, 5) is 13.6. The summed E-state index contributed by atoms with van der Waals surface area (Å²) in [6.45, 7) is 1.89. The van der Waals surface area contributed by atoms with E-state index in [2.05, 4.69) is 4.72 Å². The molecule has 3 aromatic rings. The van der Waals surface area contributed by atoms with E-state index in [1.807, 2.05) is 37.3 Å². The molecule has 0 aliphatic rings. The Bertz CT molecular complexity index is 1070. The first-order chi connectivity index (χ1) is 13.8. The van der Waals surface area contributed by atoms with Gasteiger partial charge in [0.05, 0.1) is 10.9 Å². The van der Waals surface area contributed by atoms with Crippen LogP contribution in [0.3, 0.4) is 0 Å². The molecule has 0 aliphatic heterocycles. The van der Waals surface area contributed by atoms with Crippen molar-refractivity contribution >= 4 is 38.5 Å². The maximum absolute atomic E-state index is 12.9. The van der Waals surface area contributed by atoms with Gasteiger partial charge in [0, 0.05) is 16.3 Å². The van der Waals surface area contributed by atoms with Gasteiger partial charge in [0.25, 0.3) is 0 Å². The highest BCUT2D eigenvalue weighted by molar-refractivity contribution is 8.13. The van der Waals surface area contributed by atoms with E-state index in [0.29, 0.717) is 10.6 Å². The Morgan fingerprint density at radius 1 is 0.966 bits per heavy atom. The summed E-state index contributed by atoms with van der Waals surface area (Å²) in [6.07, 6.45) is 0.00623. The van der Waals surface area contributed by atoms with Gasteiger partial charge in [0.15, 0.2) is 5.12 Å². The van der Waals surface area contributed by atoms with Gasteiger partial charge in [0.1, 0.15) is 0 Å². The lowest BCUT2D eigenvalue weighted by molar-refractivity contribution is -0.111. The zero-order valence-corrected chi connectivity index (χ0v) is 18.1. The van der Waals surface area contributed by atoms with Crippen LogP contribution in [0.4, 0.5) is 0 Å². The number of hydrogen-bond donors (Lipinski definition) is 1. The van der Waals surface area contributed by atoms with Crippen LogP contribution in [-0.2, 0) is 14.8 Å². The number of hydrogen-bond acceptors (Lipinski definition) is 4. The summed E-state index contributed by atoms with van der Waals surface area (Å²) in [5.41, 5.74) is 1.64. The number of carbonyl (C=O) groups excluding carboxylic acids is 1. The average molecular weight is 446 g/mol. The Morgan fingerprint density at radius 2 is 1.59 bits per heavy atom. The summed E-state index contributed by atoms with van der Waals surface area (Å²) >= 11 is 7.06. The van der Waals surface area contributed by atoms with Crippen LogP contribution in [0, 0.1) is 6.92 Å². The summed E-state index contributed by atoms with van der Waals surface area (Å²) < 4.78 is 28.4. The lowest BCUT2D eigenvalue weighted by Crippen LogP contribution is -2.30. The maximum Gasteiger partial charge on any atom is 0.241 e. The van der Waals surface area contributed by atoms with E-state index in [1.165, 1.54) is 0 Å². The largest absolute Gasteiger partial charge is 0.287 e. The van der Waals surface area contributed by atoms with Crippen LogP contribution < -0.4 is 4.72 Å². The van der Waals surface area contributed by atoms with Gasteiger partial charge >= 0.3 is 0 Å². The number of rotatable bonds is 7. The molecule has 29 heavy (non-hydrogen) atoms. The van der Waals surface area contributed by atoms with E-state index >= 15 is 0 Å².